The summed E-state index contributed by atoms with van der Waals surface area (Å²) in [5, 5.41) is 0. The molecule has 0 radical (unpaired) electrons. The van der Waals surface area contributed by atoms with Crippen molar-refractivity contribution in [2.45, 2.75) is 9.79 Å². The normalized spacial score (nSPS) is 13.1. The smallest absolute Gasteiger partial charge is 0.295 e. The van der Waals surface area contributed by atoms with Gasteiger partial charge in [0.25, 0.3) is 20.2 Å². The summed E-state index contributed by atoms with van der Waals surface area (Å²) >= 11 is 0. The zero-order chi connectivity index (χ0) is 44.5. The zero-order valence-electron chi connectivity index (χ0n) is 33.2. The van der Waals surface area contributed by atoms with E-state index < -0.39 is 30.0 Å². The number of benzene rings is 6. The number of nitrogens with zero attached hydrogens (tertiary/aromatic N) is 6. The molecule has 0 aliphatic heterocycles. The van der Waals surface area contributed by atoms with Crippen LogP contribution in [0.1, 0.15) is 11.1 Å². The molecule has 320 valence electrons. The van der Waals surface area contributed by atoms with Gasteiger partial charge in [-0.15, -0.1) is 0 Å². The van der Waals surface area contributed by atoms with E-state index in [1.54, 1.807) is 48.5 Å². The van der Waals surface area contributed by atoms with Gasteiger partial charge in [0.15, 0.2) is 0 Å². The number of para-hydroxylation sites is 4. The number of hydrogen-bond acceptors (Lipinski definition) is 10. The molecule has 0 fully saturated rings. The average Bonchev–Trinajstić information content (AvgIpc) is 3.27. The number of aromatic nitrogens is 6. The van der Waals surface area contributed by atoms with Crippen molar-refractivity contribution in [1.29, 1.82) is 0 Å². The van der Waals surface area contributed by atoms with Crippen molar-refractivity contribution in [2.24, 2.45) is 30.0 Å². The van der Waals surface area contributed by atoms with Crippen LogP contribution in [-0.4, -0.2) is 55.8 Å². The van der Waals surface area contributed by atoms with E-state index in [1.165, 1.54) is 36.4 Å². The molecule has 0 saturated heterocycles. The number of rotatable bonds is 10. The molecule has 0 spiro atoms. The third-order valence-corrected chi connectivity index (χ3v) is 10.7. The summed E-state index contributed by atoms with van der Waals surface area (Å²) in [5.41, 5.74) is 4.04. The van der Waals surface area contributed by atoms with Gasteiger partial charge < -0.3 is 0 Å². The summed E-state index contributed by atoms with van der Waals surface area (Å²) in [7, 11) is -9.72. The number of nitrogens with one attached hydrogen (secondary N) is 6. The van der Waals surface area contributed by atoms with Crippen LogP contribution in [0.15, 0.2) is 197 Å². The summed E-state index contributed by atoms with van der Waals surface area (Å²) in [4.78, 5) is 44.5. The molecule has 0 unspecified atom stereocenters. The monoisotopic (exact) mass is 892 g/mol. The second kappa shape index (κ2) is 18.8. The highest BCUT2D eigenvalue weighted by Crippen LogP contribution is 2.27. The lowest BCUT2D eigenvalue weighted by Crippen LogP contribution is -2.36. The third-order valence-electron chi connectivity index (χ3n) is 8.88. The molecule has 64 heavy (non-hydrogen) atoms. The molecular weight excluding hydrogens is 857 g/mol. The Balaban J connectivity index is 1.17. The predicted molar refractivity (Wildman–Crippen MR) is 238 cm³/mol. The standard InChI is InChI=1S/C44H36N12O6S2/c57-63(58,59)37-27-35(49-43-53-39(45-31-13-5-1-6-14-31)51-40(54-43)46-32-15-7-2-8-16-32)25-23-29(37)21-22-30-24-26-36(28-38(30)64(60,61)62)50-44-55-41(47-33-17-9-3-10-18-33)52-42(56-44)48-34-19-11-4-12-20-34/h1-28H,(H,57,58,59)(H,60,61,62)(H3,45,46,49,51,53,54)(H3,47,48,50,52,55,56)/b22-21+. The first-order valence-corrected chi connectivity index (χ1v) is 22.0. The fourth-order valence-corrected chi connectivity index (χ4v) is 7.47. The highest BCUT2D eigenvalue weighted by Gasteiger charge is 2.18. The second-order valence-electron chi connectivity index (χ2n) is 13.6. The van der Waals surface area contributed by atoms with Gasteiger partial charge >= 0.3 is 0 Å². The van der Waals surface area contributed by atoms with Gasteiger partial charge in [0.05, 0.1) is 34.1 Å². The lowest BCUT2D eigenvalue weighted by molar-refractivity contribution is 0.480. The van der Waals surface area contributed by atoms with Crippen molar-refractivity contribution in [3.8, 4) is 0 Å². The highest BCUT2D eigenvalue weighted by atomic mass is 32.2. The lowest BCUT2D eigenvalue weighted by atomic mass is 10.1. The SMILES string of the molecule is O=S(=O)(O)c1cc(N=c2[nH]c(=Nc3ccccc3)[nH]c(=Nc3ccccc3)[nH]2)ccc1/C=C/c1ccc(N=c2[nH]c(=Nc3ccccc3)[nH]c(=Nc3ccccc3)[nH]2)cc1S(=O)(=O)O. The van der Waals surface area contributed by atoms with E-state index in [2.05, 4.69) is 59.9 Å². The molecule has 20 heteroatoms. The summed E-state index contributed by atoms with van der Waals surface area (Å²) in [6.45, 7) is 0. The van der Waals surface area contributed by atoms with Crippen molar-refractivity contribution >= 4 is 66.5 Å². The van der Waals surface area contributed by atoms with Crippen molar-refractivity contribution in [3.63, 3.8) is 0 Å². The van der Waals surface area contributed by atoms with Crippen molar-refractivity contribution in [2.75, 3.05) is 0 Å². The van der Waals surface area contributed by atoms with Gasteiger partial charge in [-0.25, -0.2) is 30.0 Å². The maximum Gasteiger partial charge on any atom is 0.295 e. The van der Waals surface area contributed by atoms with Gasteiger partial charge in [-0.05, 0) is 83.9 Å². The minimum Gasteiger partial charge on any atom is -0.296 e. The van der Waals surface area contributed by atoms with Gasteiger partial charge in [0, 0.05) is 0 Å². The van der Waals surface area contributed by atoms with Crippen LogP contribution >= 0.6 is 0 Å². The molecule has 6 aromatic carbocycles. The van der Waals surface area contributed by atoms with Crippen molar-refractivity contribution in [1.82, 2.24) is 29.9 Å². The predicted octanol–water partition coefficient (Wildman–Crippen LogP) is 5.71. The van der Waals surface area contributed by atoms with Crippen LogP contribution in [0.25, 0.3) is 12.2 Å². The quantitative estimate of drug-likeness (QED) is 0.0628. The van der Waals surface area contributed by atoms with Crippen molar-refractivity contribution < 1.29 is 25.9 Å². The highest BCUT2D eigenvalue weighted by molar-refractivity contribution is 7.86. The molecule has 8 rings (SSSR count). The van der Waals surface area contributed by atoms with E-state index >= 15 is 0 Å². The van der Waals surface area contributed by atoms with E-state index in [1.807, 2.05) is 72.8 Å². The summed E-state index contributed by atoms with van der Waals surface area (Å²) in [5.74, 6) is 0. The first kappa shape index (κ1) is 42.4. The Labute approximate surface area is 363 Å². The lowest BCUT2D eigenvalue weighted by Gasteiger charge is -2.07. The van der Waals surface area contributed by atoms with Gasteiger partial charge in [-0.2, -0.15) is 16.8 Å². The molecule has 0 bridgehead atoms. The van der Waals surface area contributed by atoms with E-state index in [0.717, 1.165) is 12.1 Å². The molecular formula is C44H36N12O6S2. The Bertz CT molecular complexity index is 3280. The molecule has 18 nitrogen and oxygen atoms in total. The molecule has 0 atom stereocenters. The maximum absolute atomic E-state index is 12.7. The van der Waals surface area contributed by atoms with E-state index in [9.17, 15) is 25.9 Å². The van der Waals surface area contributed by atoms with Crippen LogP contribution in [0.3, 0.4) is 0 Å². The van der Waals surface area contributed by atoms with E-state index in [0.29, 0.717) is 22.7 Å². The fraction of sp³-hybridized carbons (Fsp3) is 0. The maximum atomic E-state index is 12.7. The molecule has 8 N–H and O–H groups in total. The van der Waals surface area contributed by atoms with Crippen LogP contribution in [0, 0.1) is 0 Å². The van der Waals surface area contributed by atoms with Crippen LogP contribution < -0.4 is 33.7 Å². The topological polar surface area (TPSA) is 278 Å². The first-order chi connectivity index (χ1) is 30.9. The van der Waals surface area contributed by atoms with Crippen LogP contribution in [0.2, 0.25) is 0 Å². The summed E-state index contributed by atoms with van der Waals surface area (Å²) in [6, 6.07) is 44.5. The molecule has 0 aliphatic carbocycles. The van der Waals surface area contributed by atoms with Gasteiger partial charge in [-0.1, -0.05) is 97.1 Å². The number of hydrogen-bond donors (Lipinski definition) is 8. The summed E-state index contributed by atoms with van der Waals surface area (Å²) < 4.78 is 71.6. The Hall–Kier alpha value is -8.30. The van der Waals surface area contributed by atoms with Crippen LogP contribution in [0.4, 0.5) is 34.1 Å². The minimum absolute atomic E-state index is 0.0143. The third kappa shape index (κ3) is 11.3. The van der Waals surface area contributed by atoms with E-state index in [-0.39, 0.29) is 56.2 Å². The largest absolute Gasteiger partial charge is 0.296 e. The minimum atomic E-state index is -4.86. The van der Waals surface area contributed by atoms with E-state index in [4.69, 9.17) is 0 Å². The van der Waals surface area contributed by atoms with Gasteiger partial charge in [0.2, 0.25) is 33.7 Å². The molecule has 0 aliphatic rings. The number of H-pyrrole nitrogens is 6. The first-order valence-electron chi connectivity index (χ1n) is 19.2. The Kier molecular flexibility index (Phi) is 12.4. The molecule has 0 amide bonds. The van der Waals surface area contributed by atoms with Crippen LogP contribution in [-0.2, 0) is 20.2 Å². The zero-order valence-corrected chi connectivity index (χ0v) is 34.8. The van der Waals surface area contributed by atoms with Gasteiger partial charge in [0.1, 0.15) is 9.79 Å². The van der Waals surface area contributed by atoms with Crippen LogP contribution in [0.5, 0.6) is 0 Å². The molecule has 2 aromatic heterocycles. The fourth-order valence-electron chi connectivity index (χ4n) is 6.07. The molecule has 2 heterocycles. The van der Waals surface area contributed by atoms with Crippen molar-refractivity contribution in [3.05, 3.63) is 203 Å². The average molecular weight is 893 g/mol. The molecule has 0 saturated carbocycles. The summed E-state index contributed by atoms with van der Waals surface area (Å²) in [6.07, 6.45) is 2.56. The number of aromatic amines is 6. The second-order valence-corrected chi connectivity index (χ2v) is 16.4. The van der Waals surface area contributed by atoms with Gasteiger partial charge in [-0.3, -0.25) is 39.0 Å². The Morgan fingerprint density at radius 3 is 0.797 bits per heavy atom. The Morgan fingerprint density at radius 2 is 0.562 bits per heavy atom. The molecule has 8 aromatic rings. The Morgan fingerprint density at radius 1 is 0.328 bits per heavy atom.